The van der Waals surface area contributed by atoms with Crippen molar-refractivity contribution in [2.24, 2.45) is 5.10 Å². The van der Waals surface area contributed by atoms with Gasteiger partial charge in [-0.25, -0.2) is 4.79 Å². The quantitative estimate of drug-likeness (QED) is 0.439. The highest BCUT2D eigenvalue weighted by molar-refractivity contribution is 6.07. The predicted molar refractivity (Wildman–Crippen MR) is 78.0 cm³/mol. The van der Waals surface area contributed by atoms with Crippen LogP contribution in [0.2, 0.25) is 0 Å². The molecule has 1 saturated heterocycles. The Hall–Kier alpha value is -2.77. The average molecular weight is 307 g/mol. The van der Waals surface area contributed by atoms with Gasteiger partial charge in [-0.15, -0.1) is 5.01 Å². The number of benzene rings is 1. The number of nitrogens with zero attached hydrogens (tertiary/aromatic N) is 2. The molecule has 0 spiro atoms. The number of imide groups is 1. The second-order valence-electron chi connectivity index (χ2n) is 5.07. The van der Waals surface area contributed by atoms with Gasteiger partial charge in [0.05, 0.1) is 13.3 Å². The minimum absolute atomic E-state index is 0.0528. The lowest BCUT2D eigenvalue weighted by Crippen LogP contribution is -2.42. The lowest BCUT2D eigenvalue weighted by atomic mass is 10.00. The summed E-state index contributed by atoms with van der Waals surface area (Å²) < 4.78 is 4.90. The lowest BCUT2D eigenvalue weighted by molar-refractivity contribution is -0.130. The van der Waals surface area contributed by atoms with Gasteiger partial charge < -0.3 is 20.3 Å². The van der Waals surface area contributed by atoms with Crippen LogP contribution in [0.15, 0.2) is 17.2 Å². The molecule has 1 aromatic carbocycles. The first-order valence-electron chi connectivity index (χ1n) is 6.63. The van der Waals surface area contributed by atoms with E-state index in [1.165, 1.54) is 25.5 Å². The zero-order chi connectivity index (χ0) is 16.5. The number of carbonyl (C=O) groups is 2. The Morgan fingerprint density at radius 3 is 2.64 bits per heavy atom. The highest BCUT2D eigenvalue weighted by Crippen LogP contribution is 2.35. The highest BCUT2D eigenvalue weighted by atomic mass is 16.5. The Kier molecular flexibility index (Phi) is 3.94. The number of nitrogens with one attached hydrogen (secondary N) is 1. The first-order chi connectivity index (χ1) is 10.3. The molecular weight excluding hydrogens is 290 g/mol. The molecule has 22 heavy (non-hydrogen) atoms. The molecule has 1 unspecified atom stereocenters. The molecule has 1 fully saturated rings. The zero-order valence-electron chi connectivity index (χ0n) is 12.5. The van der Waals surface area contributed by atoms with E-state index in [1.807, 2.05) is 0 Å². The van der Waals surface area contributed by atoms with Crippen LogP contribution in [-0.2, 0) is 4.79 Å². The Morgan fingerprint density at radius 1 is 1.41 bits per heavy atom. The van der Waals surface area contributed by atoms with Crippen molar-refractivity contribution in [3.8, 4) is 17.2 Å². The molecule has 2 rings (SSSR count). The molecule has 1 aliphatic rings. The van der Waals surface area contributed by atoms with E-state index < -0.39 is 29.0 Å². The third kappa shape index (κ3) is 2.54. The molecule has 3 N–H and O–H groups in total. The van der Waals surface area contributed by atoms with Crippen LogP contribution in [0.4, 0.5) is 4.79 Å². The van der Waals surface area contributed by atoms with Crippen molar-refractivity contribution >= 4 is 18.2 Å². The number of phenolic OH excluding ortho intramolecular Hbond substituents is 2. The first kappa shape index (κ1) is 15.6. The molecule has 1 aliphatic heterocycles. The summed E-state index contributed by atoms with van der Waals surface area (Å²) in [5.41, 5.74) is -0.610. The van der Waals surface area contributed by atoms with E-state index in [0.29, 0.717) is 12.0 Å². The van der Waals surface area contributed by atoms with Gasteiger partial charge in [0.25, 0.3) is 5.91 Å². The zero-order valence-corrected chi connectivity index (χ0v) is 12.5. The van der Waals surface area contributed by atoms with E-state index in [2.05, 4.69) is 10.4 Å². The van der Waals surface area contributed by atoms with E-state index in [-0.39, 0.29) is 5.75 Å². The molecule has 118 valence electrons. The van der Waals surface area contributed by atoms with Crippen molar-refractivity contribution < 1.29 is 24.5 Å². The van der Waals surface area contributed by atoms with Crippen molar-refractivity contribution in [2.75, 3.05) is 7.11 Å². The summed E-state index contributed by atoms with van der Waals surface area (Å²) in [5, 5.41) is 26.3. The molecule has 0 aliphatic carbocycles. The number of phenols is 2. The highest BCUT2D eigenvalue weighted by Gasteiger charge is 2.46. The lowest BCUT2D eigenvalue weighted by Gasteiger charge is -2.17. The van der Waals surface area contributed by atoms with Gasteiger partial charge in [-0.2, -0.15) is 5.10 Å². The van der Waals surface area contributed by atoms with Crippen LogP contribution < -0.4 is 10.1 Å². The van der Waals surface area contributed by atoms with Crippen molar-refractivity contribution in [2.45, 2.75) is 25.8 Å². The fraction of sp³-hybridized carbons (Fsp3) is 0.357. The number of hydrazone groups is 1. The summed E-state index contributed by atoms with van der Waals surface area (Å²) in [7, 11) is 1.33. The van der Waals surface area contributed by atoms with Gasteiger partial charge >= 0.3 is 6.03 Å². The van der Waals surface area contributed by atoms with E-state index in [1.54, 1.807) is 13.8 Å². The number of ether oxygens (including phenoxy) is 1. The largest absolute Gasteiger partial charge is 0.504 e. The van der Waals surface area contributed by atoms with Gasteiger partial charge in [-0.3, -0.25) is 4.79 Å². The van der Waals surface area contributed by atoms with Crippen LogP contribution in [0.25, 0.3) is 0 Å². The monoisotopic (exact) mass is 307 g/mol. The molecule has 0 radical (unpaired) electrons. The normalized spacial score (nSPS) is 21.5. The summed E-state index contributed by atoms with van der Waals surface area (Å²) >= 11 is 0. The molecule has 1 heterocycles. The Labute approximate surface area is 127 Å². The molecule has 0 saturated carbocycles. The van der Waals surface area contributed by atoms with Crippen LogP contribution in [0.3, 0.4) is 0 Å². The van der Waals surface area contributed by atoms with Crippen LogP contribution in [0.1, 0.15) is 25.8 Å². The molecule has 0 aromatic heterocycles. The third-order valence-electron chi connectivity index (χ3n) is 3.57. The summed E-state index contributed by atoms with van der Waals surface area (Å²) in [5.74, 6) is -1.19. The Bertz CT molecular complexity index is 658. The summed E-state index contributed by atoms with van der Waals surface area (Å²) in [6.45, 7) is 3.41. The minimum Gasteiger partial charge on any atom is -0.504 e. The smallest absolute Gasteiger partial charge is 0.346 e. The number of carbonyl (C=O) groups excluding carboxylic acids is 2. The maximum Gasteiger partial charge on any atom is 0.346 e. The average Bonchev–Trinajstić information content (AvgIpc) is 2.71. The van der Waals surface area contributed by atoms with Crippen LogP contribution >= 0.6 is 0 Å². The van der Waals surface area contributed by atoms with E-state index in [0.717, 1.165) is 5.01 Å². The number of amides is 3. The van der Waals surface area contributed by atoms with Crippen LogP contribution in [0, 0.1) is 0 Å². The number of methoxy groups -OCH3 is 1. The van der Waals surface area contributed by atoms with Crippen LogP contribution in [-0.4, -0.2) is 46.0 Å². The van der Waals surface area contributed by atoms with Gasteiger partial charge in [0.2, 0.25) is 5.75 Å². The molecule has 8 heteroatoms. The minimum atomic E-state index is -0.969. The summed E-state index contributed by atoms with van der Waals surface area (Å²) in [6, 6.07) is 2.04. The SMILES string of the molecule is CCC1(C)NC(=O)N(/N=C/c2cc(O)c(O)c(OC)c2)C1=O. The van der Waals surface area contributed by atoms with E-state index >= 15 is 0 Å². The van der Waals surface area contributed by atoms with Gasteiger partial charge in [-0.1, -0.05) is 6.92 Å². The Morgan fingerprint density at radius 2 is 2.09 bits per heavy atom. The third-order valence-corrected chi connectivity index (χ3v) is 3.57. The van der Waals surface area contributed by atoms with Gasteiger partial charge in [-0.05, 0) is 25.5 Å². The molecule has 1 atom stereocenters. The fourth-order valence-corrected chi connectivity index (χ4v) is 1.98. The summed E-state index contributed by atoms with van der Waals surface area (Å²) in [4.78, 5) is 23.9. The van der Waals surface area contributed by atoms with Gasteiger partial charge in [0.1, 0.15) is 5.54 Å². The molecule has 3 amide bonds. The number of rotatable bonds is 4. The van der Waals surface area contributed by atoms with Gasteiger partial charge in [0, 0.05) is 5.56 Å². The summed E-state index contributed by atoms with van der Waals surface area (Å²) in [6.07, 6.45) is 1.66. The van der Waals surface area contributed by atoms with Crippen LogP contribution in [0.5, 0.6) is 17.2 Å². The topological polar surface area (TPSA) is 111 Å². The number of aromatic hydroxyl groups is 2. The van der Waals surface area contributed by atoms with Gasteiger partial charge in [0.15, 0.2) is 11.5 Å². The van der Waals surface area contributed by atoms with Crippen molar-refractivity contribution in [1.82, 2.24) is 10.3 Å². The number of hydrogen-bond acceptors (Lipinski definition) is 6. The molecule has 8 nitrogen and oxygen atoms in total. The second kappa shape index (κ2) is 5.55. The molecular formula is C14H17N3O5. The van der Waals surface area contributed by atoms with Crippen molar-refractivity contribution in [3.63, 3.8) is 0 Å². The maximum atomic E-state index is 12.1. The molecule has 0 bridgehead atoms. The fourth-order valence-electron chi connectivity index (χ4n) is 1.98. The van der Waals surface area contributed by atoms with E-state index in [4.69, 9.17) is 4.74 Å². The van der Waals surface area contributed by atoms with E-state index in [9.17, 15) is 19.8 Å². The van der Waals surface area contributed by atoms with Crippen molar-refractivity contribution in [3.05, 3.63) is 17.7 Å². The predicted octanol–water partition coefficient (Wildman–Crippen LogP) is 1.16. The Balaban J connectivity index is 2.28. The second-order valence-corrected chi connectivity index (χ2v) is 5.07. The van der Waals surface area contributed by atoms with Crippen molar-refractivity contribution in [1.29, 1.82) is 0 Å². The maximum absolute atomic E-state index is 12.1. The number of urea groups is 1. The standard InChI is InChI=1S/C14H17N3O5/c1-4-14(2)12(20)17(13(21)16-14)15-7-8-5-9(18)11(19)10(6-8)22-3/h5-7,18-19H,4H2,1-3H3,(H,16,21)/b15-7+. The number of hydrogen-bond donors (Lipinski definition) is 3. The first-order valence-corrected chi connectivity index (χ1v) is 6.63. The molecule has 1 aromatic rings.